The van der Waals surface area contributed by atoms with Crippen molar-refractivity contribution < 1.29 is 4.79 Å². The third-order valence-electron chi connectivity index (χ3n) is 3.01. The molecule has 0 aliphatic heterocycles. The van der Waals surface area contributed by atoms with E-state index >= 15 is 0 Å². The third kappa shape index (κ3) is 4.13. The van der Waals surface area contributed by atoms with Gasteiger partial charge in [0.25, 0.3) is 0 Å². The molecular weight excluding hydrogens is 286 g/mol. The number of benzene rings is 2. The minimum atomic E-state index is -0.321. The summed E-state index contributed by atoms with van der Waals surface area (Å²) in [6, 6.07) is 12.8. The van der Waals surface area contributed by atoms with Crippen molar-refractivity contribution in [2.75, 3.05) is 29.6 Å². The molecule has 0 heterocycles. The first-order valence-corrected chi connectivity index (χ1v) is 6.95. The molecule has 110 valence electrons. The van der Waals surface area contributed by atoms with Crippen LogP contribution in [0.5, 0.6) is 0 Å². The molecule has 2 amide bonds. The van der Waals surface area contributed by atoms with E-state index in [0.717, 1.165) is 16.9 Å². The van der Waals surface area contributed by atoms with Crippen molar-refractivity contribution >= 4 is 34.7 Å². The summed E-state index contributed by atoms with van der Waals surface area (Å²) >= 11 is 6.08. The first-order valence-electron chi connectivity index (χ1n) is 6.57. The van der Waals surface area contributed by atoms with E-state index in [-0.39, 0.29) is 6.03 Å². The standard InChI is InChI=1S/C16H18ClN3O/c1-11-4-9-15(14(17)10-11)19-16(21)18-12-5-7-13(8-6-12)20(2)3/h4-10H,1-3H3,(H2,18,19,21). The van der Waals surface area contributed by atoms with Gasteiger partial charge in [0.05, 0.1) is 10.7 Å². The normalized spacial score (nSPS) is 10.1. The fraction of sp³-hybridized carbons (Fsp3) is 0.188. The topological polar surface area (TPSA) is 44.4 Å². The number of carbonyl (C=O) groups is 1. The van der Waals surface area contributed by atoms with Gasteiger partial charge in [0, 0.05) is 25.5 Å². The van der Waals surface area contributed by atoms with Crippen LogP contribution in [-0.2, 0) is 0 Å². The van der Waals surface area contributed by atoms with Gasteiger partial charge in [-0.25, -0.2) is 4.79 Å². The molecule has 0 radical (unpaired) electrons. The Morgan fingerprint density at radius 1 is 1.05 bits per heavy atom. The van der Waals surface area contributed by atoms with Crippen LogP contribution in [0.3, 0.4) is 0 Å². The molecule has 5 heteroatoms. The van der Waals surface area contributed by atoms with Crippen molar-refractivity contribution in [2.24, 2.45) is 0 Å². The van der Waals surface area contributed by atoms with Gasteiger partial charge >= 0.3 is 6.03 Å². The molecule has 0 saturated carbocycles. The predicted octanol–water partition coefficient (Wildman–Crippen LogP) is 4.36. The number of carbonyl (C=O) groups excluding carboxylic acids is 1. The zero-order valence-electron chi connectivity index (χ0n) is 12.3. The van der Waals surface area contributed by atoms with E-state index in [1.165, 1.54) is 0 Å². The molecule has 21 heavy (non-hydrogen) atoms. The summed E-state index contributed by atoms with van der Waals surface area (Å²) in [5.41, 5.74) is 3.43. The highest BCUT2D eigenvalue weighted by Gasteiger charge is 2.06. The zero-order chi connectivity index (χ0) is 15.4. The average Bonchev–Trinajstić information content (AvgIpc) is 2.42. The number of anilines is 3. The minimum absolute atomic E-state index is 0.321. The lowest BCUT2D eigenvalue weighted by molar-refractivity contribution is 0.262. The van der Waals surface area contributed by atoms with E-state index in [1.807, 2.05) is 62.3 Å². The summed E-state index contributed by atoms with van der Waals surface area (Å²) in [5, 5.41) is 6.02. The number of amides is 2. The predicted molar refractivity (Wildman–Crippen MR) is 89.6 cm³/mol. The lowest BCUT2D eigenvalue weighted by Gasteiger charge is -2.13. The van der Waals surface area contributed by atoms with Gasteiger partial charge < -0.3 is 15.5 Å². The molecule has 0 saturated heterocycles. The maximum atomic E-state index is 11.9. The Bertz CT molecular complexity index is 638. The van der Waals surface area contributed by atoms with Crippen LogP contribution >= 0.6 is 11.6 Å². The van der Waals surface area contributed by atoms with E-state index in [0.29, 0.717) is 10.7 Å². The van der Waals surface area contributed by atoms with Gasteiger partial charge in [-0.2, -0.15) is 0 Å². The molecule has 2 aromatic rings. The summed E-state index contributed by atoms with van der Waals surface area (Å²) in [7, 11) is 3.93. The number of halogens is 1. The molecule has 2 N–H and O–H groups in total. The van der Waals surface area contributed by atoms with Crippen molar-refractivity contribution in [1.29, 1.82) is 0 Å². The molecule has 0 unspecified atom stereocenters. The Morgan fingerprint density at radius 2 is 1.71 bits per heavy atom. The van der Waals surface area contributed by atoms with Crippen molar-refractivity contribution in [3.8, 4) is 0 Å². The quantitative estimate of drug-likeness (QED) is 0.885. The van der Waals surface area contributed by atoms with Gasteiger partial charge in [-0.15, -0.1) is 0 Å². The van der Waals surface area contributed by atoms with E-state index in [1.54, 1.807) is 6.07 Å². The Morgan fingerprint density at radius 3 is 2.29 bits per heavy atom. The number of hydrogen-bond acceptors (Lipinski definition) is 2. The van der Waals surface area contributed by atoms with E-state index in [4.69, 9.17) is 11.6 Å². The Hall–Kier alpha value is -2.20. The summed E-state index contributed by atoms with van der Waals surface area (Å²) in [6.45, 7) is 1.95. The van der Waals surface area contributed by atoms with Crippen LogP contribution in [0.25, 0.3) is 0 Å². The van der Waals surface area contributed by atoms with E-state index in [9.17, 15) is 4.79 Å². The molecule has 4 nitrogen and oxygen atoms in total. The third-order valence-corrected chi connectivity index (χ3v) is 3.33. The molecule has 2 rings (SSSR count). The Balaban J connectivity index is 2.01. The van der Waals surface area contributed by atoms with Crippen LogP contribution in [0.2, 0.25) is 5.02 Å². The van der Waals surface area contributed by atoms with Crippen molar-refractivity contribution in [1.82, 2.24) is 0 Å². The lowest BCUT2D eigenvalue weighted by atomic mass is 10.2. The fourth-order valence-electron chi connectivity index (χ4n) is 1.85. The summed E-state index contributed by atoms with van der Waals surface area (Å²) in [5.74, 6) is 0. The minimum Gasteiger partial charge on any atom is -0.378 e. The van der Waals surface area contributed by atoms with Gasteiger partial charge in [0.1, 0.15) is 0 Å². The monoisotopic (exact) mass is 303 g/mol. The number of rotatable bonds is 3. The second-order valence-corrected chi connectivity index (χ2v) is 5.41. The summed E-state index contributed by atoms with van der Waals surface area (Å²) < 4.78 is 0. The summed E-state index contributed by atoms with van der Waals surface area (Å²) in [6.07, 6.45) is 0. The fourth-order valence-corrected chi connectivity index (χ4v) is 2.13. The van der Waals surface area contributed by atoms with Crippen LogP contribution in [0.1, 0.15) is 5.56 Å². The highest BCUT2D eigenvalue weighted by Crippen LogP contribution is 2.23. The maximum Gasteiger partial charge on any atom is 0.323 e. The highest BCUT2D eigenvalue weighted by molar-refractivity contribution is 6.33. The van der Waals surface area contributed by atoms with Crippen LogP contribution < -0.4 is 15.5 Å². The second-order valence-electron chi connectivity index (χ2n) is 5.00. The second kappa shape index (κ2) is 6.50. The van der Waals surface area contributed by atoms with Crippen molar-refractivity contribution in [2.45, 2.75) is 6.92 Å². The molecule has 0 aliphatic carbocycles. The van der Waals surface area contributed by atoms with Gasteiger partial charge in [-0.1, -0.05) is 17.7 Å². The first kappa shape index (κ1) is 15.2. The number of nitrogens with one attached hydrogen (secondary N) is 2. The van der Waals surface area contributed by atoms with Crippen LogP contribution in [0, 0.1) is 6.92 Å². The Kier molecular flexibility index (Phi) is 4.70. The number of urea groups is 1. The number of hydrogen-bond donors (Lipinski definition) is 2. The average molecular weight is 304 g/mol. The Labute approximate surface area is 129 Å². The van der Waals surface area contributed by atoms with Gasteiger partial charge in [0.2, 0.25) is 0 Å². The van der Waals surface area contributed by atoms with E-state index < -0.39 is 0 Å². The molecule has 0 atom stereocenters. The zero-order valence-corrected chi connectivity index (χ0v) is 13.0. The lowest BCUT2D eigenvalue weighted by Crippen LogP contribution is -2.19. The number of nitrogens with zero attached hydrogens (tertiary/aromatic N) is 1. The number of aryl methyl sites for hydroxylation is 1. The first-order chi connectivity index (χ1) is 9.95. The van der Waals surface area contributed by atoms with Crippen molar-refractivity contribution in [3.05, 3.63) is 53.1 Å². The summed E-state index contributed by atoms with van der Waals surface area (Å²) in [4.78, 5) is 13.9. The molecule has 0 bridgehead atoms. The molecule has 0 spiro atoms. The smallest absolute Gasteiger partial charge is 0.323 e. The van der Waals surface area contributed by atoms with Gasteiger partial charge in [-0.05, 0) is 48.9 Å². The molecule has 2 aromatic carbocycles. The van der Waals surface area contributed by atoms with E-state index in [2.05, 4.69) is 10.6 Å². The maximum absolute atomic E-state index is 11.9. The van der Waals surface area contributed by atoms with Gasteiger partial charge in [0.15, 0.2) is 0 Å². The van der Waals surface area contributed by atoms with Crippen LogP contribution in [-0.4, -0.2) is 20.1 Å². The SMILES string of the molecule is Cc1ccc(NC(=O)Nc2ccc(N(C)C)cc2)c(Cl)c1. The van der Waals surface area contributed by atoms with Crippen LogP contribution in [0.15, 0.2) is 42.5 Å². The largest absolute Gasteiger partial charge is 0.378 e. The molecule has 0 aliphatic rings. The molecular formula is C16H18ClN3O. The van der Waals surface area contributed by atoms with Gasteiger partial charge in [-0.3, -0.25) is 0 Å². The molecule has 0 fully saturated rings. The van der Waals surface area contributed by atoms with Crippen LogP contribution in [0.4, 0.5) is 21.9 Å². The molecule has 0 aromatic heterocycles. The highest BCUT2D eigenvalue weighted by atomic mass is 35.5. The van der Waals surface area contributed by atoms with Crippen molar-refractivity contribution in [3.63, 3.8) is 0 Å².